The molecule has 1 aliphatic carbocycles. The Balaban J connectivity index is 0.000000243. The first-order valence-electron chi connectivity index (χ1n) is 13.0. The molecule has 12 nitrogen and oxygen atoms in total. The molecule has 1 saturated heterocycles. The lowest BCUT2D eigenvalue weighted by Crippen LogP contribution is -2.42. The molecule has 1 aromatic carbocycles. The smallest absolute Gasteiger partial charge is 0.336 e. The summed E-state index contributed by atoms with van der Waals surface area (Å²) in [6.45, 7) is 4.82. The van der Waals surface area contributed by atoms with E-state index in [9.17, 15) is 19.5 Å². The molecule has 0 amide bonds. The average molecular weight is 555 g/mol. The number of aliphatic carboxylic acids is 3. The number of aliphatic hydroxyl groups is 2. The highest BCUT2D eigenvalue weighted by atomic mass is 16.4. The van der Waals surface area contributed by atoms with E-state index in [0.717, 1.165) is 55.1 Å². The first kappa shape index (κ1) is 29.1. The van der Waals surface area contributed by atoms with Gasteiger partial charge in [0.25, 0.3) is 0 Å². The number of imidazole rings is 1. The van der Waals surface area contributed by atoms with Gasteiger partial charge in [0.15, 0.2) is 5.60 Å². The largest absolute Gasteiger partial charge is 0.481 e. The summed E-state index contributed by atoms with van der Waals surface area (Å²) in [6, 6.07) is 12.3. The van der Waals surface area contributed by atoms with Crippen molar-refractivity contribution in [1.29, 1.82) is 0 Å². The maximum atomic E-state index is 11.6. The van der Waals surface area contributed by atoms with Gasteiger partial charge in [-0.2, -0.15) is 0 Å². The van der Waals surface area contributed by atoms with Crippen molar-refractivity contribution in [3.8, 4) is 0 Å². The number of carboxylic acids is 3. The molecule has 2 aromatic heterocycles. The lowest BCUT2D eigenvalue weighted by atomic mass is 9.83. The van der Waals surface area contributed by atoms with Crippen LogP contribution in [0.15, 0.2) is 42.6 Å². The van der Waals surface area contributed by atoms with Crippen molar-refractivity contribution >= 4 is 28.9 Å². The lowest BCUT2D eigenvalue weighted by molar-refractivity contribution is -0.170. The average Bonchev–Trinajstić information content (AvgIpc) is 3.52. The van der Waals surface area contributed by atoms with Crippen LogP contribution in [0.4, 0.5) is 0 Å². The molecule has 3 heterocycles. The highest BCUT2D eigenvalue weighted by Crippen LogP contribution is 2.50. The highest BCUT2D eigenvalue weighted by molar-refractivity contribution is 5.88. The lowest BCUT2D eigenvalue weighted by Gasteiger charge is -2.31. The van der Waals surface area contributed by atoms with E-state index in [2.05, 4.69) is 52.7 Å². The van der Waals surface area contributed by atoms with Crippen LogP contribution >= 0.6 is 0 Å². The fourth-order valence-corrected chi connectivity index (χ4v) is 6.00. The number of carboxylic acid groups (broad SMARTS) is 3. The molecule has 2 fully saturated rings. The molecule has 0 bridgehead atoms. The van der Waals surface area contributed by atoms with Gasteiger partial charge >= 0.3 is 17.9 Å². The second-order valence-electron chi connectivity index (χ2n) is 10.7. The van der Waals surface area contributed by atoms with Gasteiger partial charge in [-0.3, -0.25) is 19.5 Å². The van der Waals surface area contributed by atoms with Gasteiger partial charge < -0.3 is 30.1 Å². The zero-order chi connectivity index (χ0) is 29.2. The number of aromatic nitrogens is 3. The molecule has 12 heteroatoms. The fourth-order valence-electron chi connectivity index (χ4n) is 6.00. The van der Waals surface area contributed by atoms with Gasteiger partial charge in [-0.05, 0) is 49.4 Å². The molecule has 3 aromatic rings. The second kappa shape index (κ2) is 11.3. The Morgan fingerprint density at radius 1 is 1.05 bits per heavy atom. The monoisotopic (exact) mass is 554 g/mol. The molecule has 5 rings (SSSR count). The summed E-state index contributed by atoms with van der Waals surface area (Å²) in [5.74, 6) is -3.14. The van der Waals surface area contributed by atoms with Crippen LogP contribution in [0, 0.1) is 18.8 Å². The number of carbonyl (C=O) groups is 3. The van der Waals surface area contributed by atoms with Gasteiger partial charge in [-0.25, -0.2) is 9.78 Å². The summed E-state index contributed by atoms with van der Waals surface area (Å²) in [5, 5.41) is 45.4. The summed E-state index contributed by atoms with van der Waals surface area (Å²) in [5.41, 5.74) is 0.661. The molecule has 0 spiro atoms. The van der Waals surface area contributed by atoms with Crippen LogP contribution in [-0.2, 0) is 33.6 Å². The van der Waals surface area contributed by atoms with Crippen LogP contribution in [0.25, 0.3) is 11.0 Å². The van der Waals surface area contributed by atoms with E-state index >= 15 is 0 Å². The van der Waals surface area contributed by atoms with E-state index < -0.39 is 42.0 Å². The SMILES string of the molecule is Cc1cccnc1[C@]1(O)CC[C@H]2CN(Cc3nc4ccccc4n3C)C[C@H]21.O=C(O)CC(O)(CC(=O)O)C(=O)O. The summed E-state index contributed by atoms with van der Waals surface area (Å²) in [4.78, 5) is 42.3. The summed E-state index contributed by atoms with van der Waals surface area (Å²) in [7, 11) is 2.09. The summed E-state index contributed by atoms with van der Waals surface area (Å²) >= 11 is 0. The standard InChI is InChI=1S/C22H26N4O.C6H8O7/c1-15-6-5-11-23-21(15)22(27)10-9-16-12-26(13-17(16)22)14-20-24-18-7-3-4-8-19(18)25(20)2;7-3(8)1-6(13,5(11)12)2-4(9)10/h3-8,11,16-17,27H,9-10,12-14H2,1-2H3;13H,1-2H2,(H,7,8)(H,9,10)(H,11,12)/t16-,17+,22-;/m0./s1. The fraction of sp³-hybridized carbons (Fsp3) is 0.464. The molecule has 3 atom stereocenters. The van der Waals surface area contributed by atoms with E-state index in [1.807, 2.05) is 12.1 Å². The first-order valence-corrected chi connectivity index (χ1v) is 13.0. The van der Waals surface area contributed by atoms with Gasteiger partial charge in [0.1, 0.15) is 11.4 Å². The molecular formula is C28H34N4O8. The maximum absolute atomic E-state index is 11.6. The van der Waals surface area contributed by atoms with Crippen molar-refractivity contribution in [3.63, 3.8) is 0 Å². The van der Waals surface area contributed by atoms with Crippen LogP contribution < -0.4 is 0 Å². The predicted molar refractivity (Wildman–Crippen MR) is 142 cm³/mol. The topological polar surface area (TPSA) is 186 Å². The minimum Gasteiger partial charge on any atom is -0.481 e. The van der Waals surface area contributed by atoms with Crippen molar-refractivity contribution < 1.29 is 39.9 Å². The summed E-state index contributed by atoms with van der Waals surface area (Å²) in [6.07, 6.45) is 1.40. The first-order chi connectivity index (χ1) is 18.8. The Morgan fingerprint density at radius 3 is 2.33 bits per heavy atom. The van der Waals surface area contributed by atoms with Crippen molar-refractivity contribution in [2.24, 2.45) is 18.9 Å². The number of para-hydroxylation sites is 2. The van der Waals surface area contributed by atoms with Crippen molar-refractivity contribution in [3.05, 3.63) is 59.7 Å². The second-order valence-corrected chi connectivity index (χ2v) is 10.7. The number of fused-ring (bicyclic) bond motifs is 2. The molecular weight excluding hydrogens is 520 g/mol. The number of pyridine rings is 1. The van der Waals surface area contributed by atoms with Gasteiger partial charge in [-0.1, -0.05) is 18.2 Å². The molecule has 5 N–H and O–H groups in total. The zero-order valence-electron chi connectivity index (χ0n) is 22.4. The minimum absolute atomic E-state index is 0.251. The maximum Gasteiger partial charge on any atom is 0.336 e. The van der Waals surface area contributed by atoms with Gasteiger partial charge in [0, 0.05) is 32.3 Å². The molecule has 0 unspecified atom stereocenters. The van der Waals surface area contributed by atoms with Gasteiger partial charge in [0.05, 0.1) is 36.1 Å². The highest BCUT2D eigenvalue weighted by Gasteiger charge is 2.53. The zero-order valence-corrected chi connectivity index (χ0v) is 22.4. The quantitative estimate of drug-likeness (QED) is 0.273. The number of benzene rings is 1. The van der Waals surface area contributed by atoms with Crippen molar-refractivity contribution in [1.82, 2.24) is 19.4 Å². The molecule has 40 heavy (non-hydrogen) atoms. The summed E-state index contributed by atoms with van der Waals surface area (Å²) < 4.78 is 2.19. The van der Waals surface area contributed by atoms with E-state index in [1.54, 1.807) is 6.20 Å². The van der Waals surface area contributed by atoms with Crippen LogP contribution in [0.1, 0.15) is 42.8 Å². The molecule has 2 aliphatic rings. The normalized spacial score (nSPS) is 22.5. The van der Waals surface area contributed by atoms with Crippen LogP contribution in [0.2, 0.25) is 0 Å². The van der Waals surface area contributed by atoms with Crippen LogP contribution in [0.5, 0.6) is 0 Å². The Hall–Kier alpha value is -3.87. The molecule has 214 valence electrons. The molecule has 1 saturated carbocycles. The Labute approximate surface area is 230 Å². The van der Waals surface area contributed by atoms with E-state index in [1.165, 1.54) is 5.52 Å². The number of hydrogen-bond acceptors (Lipinski definition) is 8. The Morgan fingerprint density at radius 2 is 1.73 bits per heavy atom. The number of likely N-dealkylation sites (tertiary alicyclic amines) is 1. The van der Waals surface area contributed by atoms with Crippen LogP contribution in [0.3, 0.4) is 0 Å². The van der Waals surface area contributed by atoms with Crippen molar-refractivity contribution in [2.45, 2.75) is 50.4 Å². The van der Waals surface area contributed by atoms with E-state index in [4.69, 9.17) is 25.4 Å². The third-order valence-electron chi connectivity index (χ3n) is 7.98. The van der Waals surface area contributed by atoms with Crippen molar-refractivity contribution in [2.75, 3.05) is 13.1 Å². The Kier molecular flexibility index (Phi) is 8.24. The molecule has 0 radical (unpaired) electrons. The number of rotatable bonds is 8. The van der Waals surface area contributed by atoms with E-state index in [-0.39, 0.29) is 5.92 Å². The number of aryl methyl sites for hydroxylation is 2. The Bertz CT molecular complexity index is 1410. The minimum atomic E-state index is -2.74. The third-order valence-corrected chi connectivity index (χ3v) is 7.98. The number of hydrogen-bond donors (Lipinski definition) is 5. The molecule has 1 aliphatic heterocycles. The van der Waals surface area contributed by atoms with Gasteiger partial charge in [-0.15, -0.1) is 0 Å². The predicted octanol–water partition coefficient (Wildman–Crippen LogP) is 1.76. The van der Waals surface area contributed by atoms with Gasteiger partial charge in [0.2, 0.25) is 0 Å². The van der Waals surface area contributed by atoms with Crippen LogP contribution in [-0.4, -0.2) is 81.6 Å². The van der Waals surface area contributed by atoms with E-state index in [0.29, 0.717) is 5.92 Å². The third kappa shape index (κ3) is 5.83. The number of nitrogens with zero attached hydrogens (tertiary/aromatic N) is 4.